The number of piperazine rings is 1. The zero-order chi connectivity index (χ0) is 11.6. The molecule has 4 heteroatoms. The van der Waals surface area contributed by atoms with E-state index in [-0.39, 0.29) is 11.9 Å². The Morgan fingerprint density at radius 2 is 2.06 bits per heavy atom. The SMILES string of the molecule is CCCCCCCNC(=O)C1CNCCN1. The molecule has 1 unspecified atom stereocenters. The Balaban J connectivity index is 1.97. The van der Waals surface area contributed by atoms with Gasteiger partial charge in [0, 0.05) is 26.2 Å². The zero-order valence-corrected chi connectivity index (χ0v) is 10.3. The molecule has 4 nitrogen and oxygen atoms in total. The van der Waals surface area contributed by atoms with Crippen LogP contribution >= 0.6 is 0 Å². The third kappa shape index (κ3) is 5.47. The molecule has 0 spiro atoms. The van der Waals surface area contributed by atoms with Crippen molar-refractivity contribution in [2.75, 3.05) is 26.2 Å². The molecule has 1 amide bonds. The molecule has 94 valence electrons. The maximum atomic E-state index is 11.7. The van der Waals surface area contributed by atoms with Crippen LogP contribution in [0.15, 0.2) is 0 Å². The third-order valence-corrected chi connectivity index (χ3v) is 2.94. The minimum atomic E-state index is -0.0376. The van der Waals surface area contributed by atoms with Crippen LogP contribution < -0.4 is 16.0 Å². The Labute approximate surface area is 98.6 Å². The van der Waals surface area contributed by atoms with E-state index in [4.69, 9.17) is 0 Å². The lowest BCUT2D eigenvalue weighted by Gasteiger charge is -2.23. The highest BCUT2D eigenvalue weighted by atomic mass is 16.2. The molecule has 0 aromatic heterocycles. The number of hydrogen-bond acceptors (Lipinski definition) is 3. The average Bonchev–Trinajstić information content (AvgIpc) is 2.34. The Morgan fingerprint density at radius 1 is 1.25 bits per heavy atom. The summed E-state index contributed by atoms with van der Waals surface area (Å²) < 4.78 is 0. The van der Waals surface area contributed by atoms with Crippen LogP contribution in [0, 0.1) is 0 Å². The summed E-state index contributed by atoms with van der Waals surface area (Å²) in [6, 6.07) is -0.0376. The maximum Gasteiger partial charge on any atom is 0.238 e. The first-order chi connectivity index (χ1) is 7.84. The van der Waals surface area contributed by atoms with Crippen molar-refractivity contribution in [1.29, 1.82) is 0 Å². The van der Waals surface area contributed by atoms with Crippen LogP contribution in [0.5, 0.6) is 0 Å². The highest BCUT2D eigenvalue weighted by molar-refractivity contribution is 5.82. The molecule has 1 aliphatic heterocycles. The molecular weight excluding hydrogens is 202 g/mol. The number of carbonyl (C=O) groups is 1. The van der Waals surface area contributed by atoms with Crippen LogP contribution in [0.4, 0.5) is 0 Å². The number of unbranched alkanes of at least 4 members (excludes halogenated alkanes) is 4. The van der Waals surface area contributed by atoms with Crippen molar-refractivity contribution >= 4 is 5.91 Å². The largest absolute Gasteiger partial charge is 0.355 e. The number of rotatable bonds is 7. The molecule has 0 aromatic carbocycles. The van der Waals surface area contributed by atoms with E-state index in [1.54, 1.807) is 0 Å². The van der Waals surface area contributed by atoms with Gasteiger partial charge in [-0.3, -0.25) is 4.79 Å². The van der Waals surface area contributed by atoms with E-state index in [2.05, 4.69) is 22.9 Å². The molecular formula is C12H25N3O. The van der Waals surface area contributed by atoms with Gasteiger partial charge in [-0.15, -0.1) is 0 Å². The minimum absolute atomic E-state index is 0.0376. The second-order valence-corrected chi connectivity index (χ2v) is 4.42. The summed E-state index contributed by atoms with van der Waals surface area (Å²) >= 11 is 0. The summed E-state index contributed by atoms with van der Waals surface area (Å²) in [6.45, 7) is 5.63. The van der Waals surface area contributed by atoms with E-state index < -0.39 is 0 Å². The van der Waals surface area contributed by atoms with E-state index in [0.29, 0.717) is 0 Å². The van der Waals surface area contributed by atoms with Crippen LogP contribution in [0.3, 0.4) is 0 Å². The Morgan fingerprint density at radius 3 is 2.75 bits per heavy atom. The fraction of sp³-hybridized carbons (Fsp3) is 0.917. The molecule has 0 radical (unpaired) electrons. The maximum absolute atomic E-state index is 11.7. The molecule has 0 bridgehead atoms. The summed E-state index contributed by atoms with van der Waals surface area (Å²) in [5.41, 5.74) is 0. The van der Waals surface area contributed by atoms with Gasteiger partial charge in [0.15, 0.2) is 0 Å². The van der Waals surface area contributed by atoms with Crippen molar-refractivity contribution in [2.24, 2.45) is 0 Å². The van der Waals surface area contributed by atoms with Crippen LogP contribution in [0.25, 0.3) is 0 Å². The number of hydrogen-bond donors (Lipinski definition) is 3. The number of nitrogens with one attached hydrogen (secondary N) is 3. The molecule has 1 aliphatic rings. The van der Waals surface area contributed by atoms with Crippen molar-refractivity contribution in [1.82, 2.24) is 16.0 Å². The quantitative estimate of drug-likeness (QED) is 0.559. The van der Waals surface area contributed by atoms with Crippen molar-refractivity contribution in [3.8, 4) is 0 Å². The Hall–Kier alpha value is -0.610. The first-order valence-electron chi connectivity index (χ1n) is 6.56. The summed E-state index contributed by atoms with van der Waals surface area (Å²) in [7, 11) is 0. The van der Waals surface area contributed by atoms with Crippen molar-refractivity contribution in [3.63, 3.8) is 0 Å². The van der Waals surface area contributed by atoms with Crippen LogP contribution in [-0.2, 0) is 4.79 Å². The van der Waals surface area contributed by atoms with E-state index in [1.165, 1.54) is 25.7 Å². The first kappa shape index (κ1) is 13.5. The van der Waals surface area contributed by atoms with Crippen LogP contribution in [-0.4, -0.2) is 38.1 Å². The molecule has 3 N–H and O–H groups in total. The monoisotopic (exact) mass is 227 g/mol. The Kier molecular flexibility index (Phi) is 7.17. The zero-order valence-electron chi connectivity index (χ0n) is 10.3. The molecule has 1 saturated heterocycles. The summed E-state index contributed by atoms with van der Waals surface area (Å²) in [6.07, 6.45) is 6.19. The molecule has 16 heavy (non-hydrogen) atoms. The third-order valence-electron chi connectivity index (χ3n) is 2.94. The molecule has 1 rings (SSSR count). The van der Waals surface area contributed by atoms with Crippen LogP contribution in [0.1, 0.15) is 39.0 Å². The van der Waals surface area contributed by atoms with E-state index >= 15 is 0 Å². The number of amides is 1. The lowest BCUT2D eigenvalue weighted by atomic mass is 10.1. The predicted molar refractivity (Wildman–Crippen MR) is 66.4 cm³/mol. The molecule has 1 fully saturated rings. The van der Waals surface area contributed by atoms with Crippen LogP contribution in [0.2, 0.25) is 0 Å². The Bertz CT molecular complexity index is 191. The lowest BCUT2D eigenvalue weighted by molar-refractivity contribution is -0.123. The highest BCUT2D eigenvalue weighted by Crippen LogP contribution is 2.01. The van der Waals surface area contributed by atoms with Crippen molar-refractivity contribution in [2.45, 2.75) is 45.1 Å². The van der Waals surface area contributed by atoms with Gasteiger partial charge in [0.2, 0.25) is 5.91 Å². The molecule has 1 atom stereocenters. The topological polar surface area (TPSA) is 53.2 Å². The lowest BCUT2D eigenvalue weighted by Crippen LogP contribution is -2.55. The van der Waals surface area contributed by atoms with Crippen molar-refractivity contribution < 1.29 is 4.79 Å². The van der Waals surface area contributed by atoms with Gasteiger partial charge in [0.05, 0.1) is 6.04 Å². The van der Waals surface area contributed by atoms with Gasteiger partial charge in [-0.1, -0.05) is 32.6 Å². The van der Waals surface area contributed by atoms with Gasteiger partial charge in [0.25, 0.3) is 0 Å². The number of carbonyl (C=O) groups excluding carboxylic acids is 1. The predicted octanol–water partition coefficient (Wildman–Crippen LogP) is 0.634. The molecule has 0 aromatic rings. The van der Waals surface area contributed by atoms with Gasteiger partial charge in [-0.25, -0.2) is 0 Å². The van der Waals surface area contributed by atoms with Gasteiger partial charge in [0.1, 0.15) is 0 Å². The van der Waals surface area contributed by atoms with E-state index in [0.717, 1.165) is 32.6 Å². The first-order valence-corrected chi connectivity index (χ1v) is 6.56. The minimum Gasteiger partial charge on any atom is -0.355 e. The average molecular weight is 227 g/mol. The highest BCUT2D eigenvalue weighted by Gasteiger charge is 2.19. The molecule has 1 heterocycles. The second-order valence-electron chi connectivity index (χ2n) is 4.42. The summed E-state index contributed by atoms with van der Waals surface area (Å²) in [5.74, 6) is 0.141. The fourth-order valence-corrected chi connectivity index (χ4v) is 1.90. The molecule has 0 aliphatic carbocycles. The van der Waals surface area contributed by atoms with Crippen molar-refractivity contribution in [3.05, 3.63) is 0 Å². The van der Waals surface area contributed by atoms with E-state index in [1.807, 2.05) is 0 Å². The van der Waals surface area contributed by atoms with Gasteiger partial charge in [-0.05, 0) is 6.42 Å². The van der Waals surface area contributed by atoms with Gasteiger partial charge in [-0.2, -0.15) is 0 Å². The summed E-state index contributed by atoms with van der Waals surface area (Å²) in [4.78, 5) is 11.7. The van der Waals surface area contributed by atoms with E-state index in [9.17, 15) is 4.79 Å². The molecule has 0 saturated carbocycles. The standard InChI is InChI=1S/C12H25N3O/c1-2-3-4-5-6-7-15-12(16)11-10-13-8-9-14-11/h11,13-14H,2-10H2,1H3,(H,15,16). The normalized spacial score (nSPS) is 20.7. The van der Waals surface area contributed by atoms with Gasteiger partial charge < -0.3 is 16.0 Å². The second kappa shape index (κ2) is 8.53. The fourth-order valence-electron chi connectivity index (χ4n) is 1.90. The smallest absolute Gasteiger partial charge is 0.238 e. The summed E-state index contributed by atoms with van der Waals surface area (Å²) in [5, 5.41) is 9.40. The van der Waals surface area contributed by atoms with Gasteiger partial charge >= 0.3 is 0 Å².